The lowest BCUT2D eigenvalue weighted by molar-refractivity contribution is 0.236. The Morgan fingerprint density at radius 2 is 2.22 bits per heavy atom. The quantitative estimate of drug-likeness (QED) is 0.655. The van der Waals surface area contributed by atoms with Gasteiger partial charge in [0.25, 0.3) is 0 Å². The van der Waals surface area contributed by atoms with Crippen LogP contribution in [0, 0.1) is 6.92 Å². The van der Waals surface area contributed by atoms with Gasteiger partial charge in [-0.3, -0.25) is 10.4 Å². The van der Waals surface area contributed by atoms with Crippen LogP contribution in [0.5, 0.6) is 5.75 Å². The van der Waals surface area contributed by atoms with Crippen molar-refractivity contribution < 1.29 is 4.74 Å². The van der Waals surface area contributed by atoms with Gasteiger partial charge >= 0.3 is 0 Å². The van der Waals surface area contributed by atoms with Gasteiger partial charge in [-0.25, -0.2) is 0 Å². The summed E-state index contributed by atoms with van der Waals surface area (Å²) in [5.74, 6) is 0.794. The van der Waals surface area contributed by atoms with E-state index in [1.165, 1.54) is 0 Å². The van der Waals surface area contributed by atoms with Gasteiger partial charge in [0.2, 0.25) is 0 Å². The Hall–Kier alpha value is -2.15. The van der Waals surface area contributed by atoms with Crippen LogP contribution in [0.2, 0.25) is 0 Å². The van der Waals surface area contributed by atoms with Crippen LogP contribution in [0.3, 0.4) is 0 Å². The van der Waals surface area contributed by atoms with Crippen LogP contribution in [0.4, 0.5) is 0 Å². The zero-order chi connectivity index (χ0) is 16.2. The Bertz CT molecular complexity index is 637. The normalized spacial score (nSPS) is 19.1. The first-order chi connectivity index (χ1) is 11.2. The van der Waals surface area contributed by atoms with Crippen molar-refractivity contribution in [1.82, 2.24) is 20.2 Å². The molecule has 0 saturated carbocycles. The van der Waals surface area contributed by atoms with Crippen LogP contribution in [-0.2, 0) is 0 Å². The highest BCUT2D eigenvalue weighted by molar-refractivity contribution is 7.80. The topological polar surface area (TPSA) is 53.0 Å². The van der Waals surface area contributed by atoms with E-state index in [0.717, 1.165) is 55.3 Å². The van der Waals surface area contributed by atoms with Gasteiger partial charge in [0.15, 0.2) is 5.11 Å². The number of nitrogens with one attached hydrogen (secondary N) is 1. The van der Waals surface area contributed by atoms with Crippen LogP contribution in [-0.4, -0.2) is 58.4 Å². The maximum absolute atomic E-state index is 5.65. The van der Waals surface area contributed by atoms with Crippen LogP contribution in [0.15, 0.2) is 30.1 Å². The molecule has 23 heavy (non-hydrogen) atoms. The SMILES string of the molecule is C=CN1CCN(C(=S)N/N=C2/CCOc3cc(C)cnc32)CC1. The first-order valence-corrected chi connectivity index (χ1v) is 8.16. The van der Waals surface area contributed by atoms with Gasteiger partial charge in [0.05, 0.1) is 12.3 Å². The summed E-state index contributed by atoms with van der Waals surface area (Å²) in [5.41, 5.74) is 5.78. The number of aromatic nitrogens is 1. The standard InChI is InChI=1S/C16H21N5OS/c1-3-20-5-7-21(8-6-20)16(23)19-18-13-4-9-22-14-10-12(2)11-17-15(13)14/h3,10-11H,1,4-9H2,2H3,(H,19,23)/b18-13-. The van der Waals surface area contributed by atoms with E-state index in [-0.39, 0.29) is 0 Å². The summed E-state index contributed by atoms with van der Waals surface area (Å²) in [7, 11) is 0. The minimum atomic E-state index is 0.615. The van der Waals surface area contributed by atoms with Crippen LogP contribution >= 0.6 is 12.2 Å². The first-order valence-electron chi connectivity index (χ1n) is 7.75. The zero-order valence-electron chi connectivity index (χ0n) is 13.3. The molecule has 3 heterocycles. The molecule has 1 aromatic rings. The largest absolute Gasteiger partial charge is 0.491 e. The van der Waals surface area contributed by atoms with Crippen molar-refractivity contribution in [2.45, 2.75) is 13.3 Å². The minimum absolute atomic E-state index is 0.615. The number of hydrogen-bond donors (Lipinski definition) is 1. The predicted molar refractivity (Wildman–Crippen MR) is 94.7 cm³/mol. The zero-order valence-corrected chi connectivity index (χ0v) is 14.1. The van der Waals surface area contributed by atoms with E-state index in [1.54, 1.807) is 0 Å². The summed E-state index contributed by atoms with van der Waals surface area (Å²) >= 11 is 5.45. The molecule has 1 saturated heterocycles. The Kier molecular flexibility index (Phi) is 4.76. The van der Waals surface area contributed by atoms with Gasteiger partial charge < -0.3 is 14.5 Å². The summed E-state index contributed by atoms with van der Waals surface area (Å²) < 4.78 is 5.65. The van der Waals surface area contributed by atoms with Crippen LogP contribution in [0.25, 0.3) is 0 Å². The van der Waals surface area contributed by atoms with Gasteiger partial charge in [-0.05, 0) is 37.0 Å². The molecule has 0 radical (unpaired) electrons. The summed E-state index contributed by atoms with van der Waals surface area (Å²) in [6.07, 6.45) is 4.43. The molecular weight excluding hydrogens is 310 g/mol. The Morgan fingerprint density at radius 1 is 1.43 bits per heavy atom. The van der Waals surface area contributed by atoms with Crippen LogP contribution < -0.4 is 10.2 Å². The Labute approximate surface area is 141 Å². The number of thiocarbonyl (C=S) groups is 1. The number of fused-ring (bicyclic) bond motifs is 1. The third-order valence-electron chi connectivity index (χ3n) is 4.01. The third kappa shape index (κ3) is 3.61. The minimum Gasteiger partial charge on any atom is -0.491 e. The lowest BCUT2D eigenvalue weighted by Crippen LogP contribution is -2.49. The summed E-state index contributed by atoms with van der Waals surface area (Å²) in [6, 6.07) is 1.99. The molecule has 2 aliphatic heterocycles. The lowest BCUT2D eigenvalue weighted by atomic mass is 10.1. The monoisotopic (exact) mass is 331 g/mol. The molecule has 0 atom stereocenters. The summed E-state index contributed by atoms with van der Waals surface area (Å²) in [6.45, 7) is 10.0. The number of piperazine rings is 1. The smallest absolute Gasteiger partial charge is 0.189 e. The molecule has 0 aromatic carbocycles. The number of hydrazone groups is 1. The van der Waals surface area contributed by atoms with Gasteiger partial charge in [-0.1, -0.05) is 6.58 Å². The van der Waals surface area contributed by atoms with Crippen molar-refractivity contribution >= 4 is 23.0 Å². The fourth-order valence-corrected chi connectivity index (χ4v) is 2.88. The molecule has 0 aliphatic carbocycles. The average Bonchev–Trinajstić information content (AvgIpc) is 2.59. The van der Waals surface area contributed by atoms with Crippen molar-refractivity contribution in [3.63, 3.8) is 0 Å². The molecule has 6 nitrogen and oxygen atoms in total. The number of hydrogen-bond acceptors (Lipinski definition) is 5. The molecule has 0 spiro atoms. The molecule has 122 valence electrons. The second-order valence-electron chi connectivity index (χ2n) is 5.64. The first kappa shape index (κ1) is 15.7. The third-order valence-corrected chi connectivity index (χ3v) is 4.35. The number of pyridine rings is 1. The maximum atomic E-state index is 5.65. The van der Waals surface area contributed by atoms with Gasteiger partial charge in [-0.2, -0.15) is 5.10 Å². The molecule has 0 bridgehead atoms. The highest BCUT2D eigenvalue weighted by atomic mass is 32.1. The van der Waals surface area contributed by atoms with E-state index in [2.05, 4.69) is 31.9 Å². The van der Waals surface area contributed by atoms with E-state index in [4.69, 9.17) is 17.0 Å². The maximum Gasteiger partial charge on any atom is 0.189 e. The van der Waals surface area contributed by atoms with Crippen molar-refractivity contribution in [1.29, 1.82) is 0 Å². The molecule has 1 N–H and O–H groups in total. The molecule has 7 heteroatoms. The van der Waals surface area contributed by atoms with Gasteiger partial charge in [0, 0.05) is 38.8 Å². The molecule has 1 fully saturated rings. The molecule has 1 aromatic heterocycles. The van der Waals surface area contributed by atoms with E-state index < -0.39 is 0 Å². The fraction of sp³-hybridized carbons (Fsp3) is 0.438. The number of ether oxygens (including phenoxy) is 1. The van der Waals surface area contributed by atoms with Crippen molar-refractivity contribution in [2.75, 3.05) is 32.8 Å². The number of nitrogens with zero attached hydrogens (tertiary/aromatic N) is 4. The Balaban J connectivity index is 1.65. The van der Waals surface area contributed by atoms with E-state index in [9.17, 15) is 0 Å². The van der Waals surface area contributed by atoms with E-state index in [0.29, 0.717) is 11.7 Å². The van der Waals surface area contributed by atoms with E-state index in [1.807, 2.05) is 25.4 Å². The highest BCUT2D eigenvalue weighted by Gasteiger charge is 2.20. The predicted octanol–water partition coefficient (Wildman–Crippen LogP) is 1.51. The van der Waals surface area contributed by atoms with Gasteiger partial charge in [-0.15, -0.1) is 0 Å². The van der Waals surface area contributed by atoms with Crippen molar-refractivity contribution in [3.8, 4) is 5.75 Å². The second kappa shape index (κ2) is 6.95. The number of rotatable bonds is 2. The van der Waals surface area contributed by atoms with Crippen molar-refractivity contribution in [2.24, 2.45) is 5.10 Å². The number of aryl methyl sites for hydroxylation is 1. The second-order valence-corrected chi connectivity index (χ2v) is 6.03. The molecule has 0 amide bonds. The summed E-state index contributed by atoms with van der Waals surface area (Å²) in [5, 5.41) is 5.13. The summed E-state index contributed by atoms with van der Waals surface area (Å²) in [4.78, 5) is 8.75. The Morgan fingerprint density at radius 3 is 2.96 bits per heavy atom. The molecule has 2 aliphatic rings. The van der Waals surface area contributed by atoms with Crippen LogP contribution in [0.1, 0.15) is 17.7 Å². The van der Waals surface area contributed by atoms with Gasteiger partial charge in [0.1, 0.15) is 11.4 Å². The highest BCUT2D eigenvalue weighted by Crippen LogP contribution is 2.23. The molecular formula is C16H21N5OS. The fourth-order valence-electron chi connectivity index (χ4n) is 2.65. The van der Waals surface area contributed by atoms with Crippen molar-refractivity contribution in [3.05, 3.63) is 36.3 Å². The average molecular weight is 331 g/mol. The molecule has 0 unspecified atom stereocenters. The van der Waals surface area contributed by atoms with E-state index >= 15 is 0 Å². The molecule has 3 rings (SSSR count). The lowest BCUT2D eigenvalue weighted by Gasteiger charge is -2.35.